The molecule has 0 spiro atoms. The molecule has 11 heteroatoms. The van der Waals surface area contributed by atoms with E-state index >= 15 is 0 Å². The van der Waals surface area contributed by atoms with Crippen LogP contribution in [0.2, 0.25) is 0 Å². The third-order valence-electron chi connectivity index (χ3n) is 6.02. The molecule has 0 atom stereocenters. The van der Waals surface area contributed by atoms with Crippen molar-refractivity contribution in [1.82, 2.24) is 14.9 Å². The second-order valence-electron chi connectivity index (χ2n) is 8.36. The van der Waals surface area contributed by atoms with Crippen LogP contribution in [0.15, 0.2) is 40.3 Å². The van der Waals surface area contributed by atoms with Crippen molar-refractivity contribution >= 4 is 62.1 Å². The number of rotatable bonds is 8. The highest BCUT2D eigenvalue weighted by molar-refractivity contribution is 9.10. The van der Waals surface area contributed by atoms with Gasteiger partial charge in [0.15, 0.2) is 0 Å². The average molecular weight is 562 g/mol. The molecule has 1 saturated heterocycles. The Morgan fingerprint density at radius 2 is 1.94 bits per heavy atom. The van der Waals surface area contributed by atoms with Gasteiger partial charge in [0.05, 0.1) is 30.1 Å². The minimum absolute atomic E-state index is 0.392. The molecule has 0 amide bonds. The molecule has 2 aromatic heterocycles. The van der Waals surface area contributed by atoms with Crippen LogP contribution in [0, 0.1) is 0 Å². The number of halogens is 1. The summed E-state index contributed by atoms with van der Waals surface area (Å²) in [4.78, 5) is 26.1. The zero-order valence-corrected chi connectivity index (χ0v) is 22.6. The largest absolute Gasteiger partial charge is 0.494 e. The molecule has 1 aliphatic heterocycles. The molecule has 3 heterocycles. The summed E-state index contributed by atoms with van der Waals surface area (Å²) in [6.45, 7) is 2.03. The fourth-order valence-electron chi connectivity index (χ4n) is 4.04. The number of carbonyl (C=O) groups is 1. The summed E-state index contributed by atoms with van der Waals surface area (Å²) in [7, 11) is 7.31. The lowest BCUT2D eigenvalue weighted by atomic mass is 10.0. The van der Waals surface area contributed by atoms with Gasteiger partial charge < -0.3 is 29.9 Å². The first kappa shape index (κ1) is 25.2. The van der Waals surface area contributed by atoms with Crippen LogP contribution >= 0.6 is 27.3 Å². The van der Waals surface area contributed by atoms with E-state index in [0.717, 1.165) is 37.3 Å². The van der Waals surface area contributed by atoms with Gasteiger partial charge in [0, 0.05) is 37.1 Å². The number of hydrogen-bond donors (Lipinski definition) is 2. The molecule has 4 rings (SSSR count). The molecule has 1 aliphatic rings. The molecule has 35 heavy (non-hydrogen) atoms. The van der Waals surface area contributed by atoms with Crippen LogP contribution < -0.4 is 20.3 Å². The number of nitrogens with one attached hydrogen (secondary N) is 2. The van der Waals surface area contributed by atoms with Gasteiger partial charge in [0.25, 0.3) is 0 Å². The molecule has 3 aromatic rings. The van der Waals surface area contributed by atoms with Crippen LogP contribution in [-0.4, -0.2) is 68.3 Å². The van der Waals surface area contributed by atoms with Crippen molar-refractivity contribution in [3.05, 3.63) is 45.2 Å². The number of methoxy groups -OCH3 is 2. The number of carbonyl (C=O) groups excluding carboxylic acids is 1. The van der Waals surface area contributed by atoms with Gasteiger partial charge in [-0.15, -0.1) is 11.3 Å². The number of benzene rings is 1. The van der Waals surface area contributed by atoms with Crippen molar-refractivity contribution in [1.29, 1.82) is 0 Å². The van der Waals surface area contributed by atoms with Gasteiger partial charge in [-0.25, -0.2) is 9.78 Å². The standard InChI is InChI=1S/C24H29BrN6O3S/c1-30(2)15-7-10-31(11-8-15)16-5-6-18(20(13-16)33-3)28-24-26-14-17(25)22(29-24)27-19-9-12-35-21(19)23(32)34-4/h5-6,9,12-15H,7-8,10-11H2,1-4H3,(H2,26,27,28,29). The summed E-state index contributed by atoms with van der Waals surface area (Å²) in [6, 6.07) is 8.56. The Morgan fingerprint density at radius 3 is 2.63 bits per heavy atom. The molecular formula is C24H29BrN6O3S. The fraction of sp³-hybridized carbons (Fsp3) is 0.375. The molecule has 0 radical (unpaired) electrons. The van der Waals surface area contributed by atoms with E-state index in [2.05, 4.69) is 66.5 Å². The van der Waals surface area contributed by atoms with Crippen LogP contribution in [-0.2, 0) is 4.74 Å². The maximum absolute atomic E-state index is 12.0. The Bertz CT molecular complexity index is 1180. The van der Waals surface area contributed by atoms with Gasteiger partial charge in [0.1, 0.15) is 16.4 Å². The third-order valence-corrected chi connectivity index (χ3v) is 7.50. The molecule has 0 unspecified atom stereocenters. The molecule has 186 valence electrons. The molecular weight excluding hydrogens is 532 g/mol. The molecule has 1 fully saturated rings. The predicted molar refractivity (Wildman–Crippen MR) is 144 cm³/mol. The van der Waals surface area contributed by atoms with Gasteiger partial charge in [0.2, 0.25) is 5.95 Å². The Hall–Kier alpha value is -2.89. The van der Waals surface area contributed by atoms with Gasteiger partial charge in [-0.3, -0.25) is 0 Å². The topological polar surface area (TPSA) is 91.8 Å². The molecule has 2 N–H and O–H groups in total. The van der Waals surface area contributed by atoms with Gasteiger partial charge in [-0.1, -0.05) is 0 Å². The molecule has 0 aliphatic carbocycles. The number of esters is 1. The van der Waals surface area contributed by atoms with Crippen molar-refractivity contribution in [3.8, 4) is 5.75 Å². The van der Waals surface area contributed by atoms with E-state index < -0.39 is 5.97 Å². The number of anilines is 5. The Kier molecular flexibility index (Phi) is 8.09. The third kappa shape index (κ3) is 5.85. The minimum atomic E-state index is -0.401. The minimum Gasteiger partial charge on any atom is -0.494 e. The van der Waals surface area contributed by atoms with Crippen LogP contribution in [0.25, 0.3) is 0 Å². The Balaban J connectivity index is 1.50. The number of piperidine rings is 1. The lowest BCUT2D eigenvalue weighted by Gasteiger charge is -2.36. The van der Waals surface area contributed by atoms with Gasteiger partial charge in [-0.05, 0) is 66.4 Å². The van der Waals surface area contributed by atoms with E-state index in [4.69, 9.17) is 9.47 Å². The second kappa shape index (κ2) is 11.2. The van der Waals surface area contributed by atoms with Gasteiger partial charge >= 0.3 is 5.97 Å². The number of thiophene rings is 1. The van der Waals surface area contributed by atoms with Crippen LogP contribution in [0.4, 0.5) is 28.8 Å². The SMILES string of the molecule is COC(=O)c1sccc1Nc1nc(Nc2ccc(N3CCC(N(C)C)CC3)cc2OC)ncc1Br. The van der Waals surface area contributed by atoms with Crippen molar-refractivity contribution < 1.29 is 14.3 Å². The maximum atomic E-state index is 12.0. The predicted octanol–water partition coefficient (Wildman–Crippen LogP) is 5.11. The zero-order chi connectivity index (χ0) is 24.9. The van der Waals surface area contributed by atoms with Crippen LogP contribution in [0.5, 0.6) is 5.75 Å². The smallest absolute Gasteiger partial charge is 0.350 e. The summed E-state index contributed by atoms with van der Waals surface area (Å²) in [5, 5.41) is 8.25. The Labute approximate surface area is 217 Å². The highest BCUT2D eigenvalue weighted by atomic mass is 79.9. The maximum Gasteiger partial charge on any atom is 0.350 e. The average Bonchev–Trinajstić information content (AvgIpc) is 3.34. The lowest BCUT2D eigenvalue weighted by molar-refractivity contribution is 0.0607. The van der Waals surface area contributed by atoms with Crippen LogP contribution in [0.3, 0.4) is 0 Å². The second-order valence-corrected chi connectivity index (χ2v) is 10.1. The van der Waals surface area contributed by atoms with Crippen molar-refractivity contribution in [2.45, 2.75) is 18.9 Å². The summed E-state index contributed by atoms with van der Waals surface area (Å²) >= 11 is 4.77. The fourth-order valence-corrected chi connectivity index (χ4v) is 5.10. The highest BCUT2D eigenvalue weighted by Crippen LogP contribution is 2.34. The Morgan fingerprint density at radius 1 is 1.17 bits per heavy atom. The summed E-state index contributed by atoms with van der Waals surface area (Å²) in [5.74, 6) is 1.22. The van der Waals surface area contributed by atoms with Crippen LogP contribution in [0.1, 0.15) is 22.5 Å². The van der Waals surface area contributed by atoms with Crippen molar-refractivity contribution in [2.75, 3.05) is 56.9 Å². The monoisotopic (exact) mass is 560 g/mol. The van der Waals surface area contributed by atoms with E-state index in [1.165, 1.54) is 18.4 Å². The van der Waals surface area contributed by atoms with E-state index in [1.807, 2.05) is 23.6 Å². The summed E-state index contributed by atoms with van der Waals surface area (Å²) < 4.78 is 11.2. The first-order valence-corrected chi connectivity index (χ1v) is 12.9. The summed E-state index contributed by atoms with van der Waals surface area (Å²) in [6.07, 6.45) is 3.93. The molecule has 9 nitrogen and oxygen atoms in total. The zero-order valence-electron chi connectivity index (χ0n) is 20.2. The number of nitrogens with zero attached hydrogens (tertiary/aromatic N) is 4. The van der Waals surface area contributed by atoms with E-state index in [9.17, 15) is 4.79 Å². The van der Waals surface area contributed by atoms with E-state index in [-0.39, 0.29) is 0 Å². The molecule has 0 bridgehead atoms. The first-order valence-electron chi connectivity index (χ1n) is 11.2. The van der Waals surface area contributed by atoms with Crippen molar-refractivity contribution in [3.63, 3.8) is 0 Å². The number of hydrogen-bond acceptors (Lipinski definition) is 10. The molecule has 1 aromatic carbocycles. The molecule has 0 saturated carbocycles. The van der Waals surface area contributed by atoms with Crippen molar-refractivity contribution in [2.24, 2.45) is 0 Å². The lowest BCUT2D eigenvalue weighted by Crippen LogP contribution is -2.41. The normalized spacial score (nSPS) is 14.2. The number of ether oxygens (including phenoxy) is 2. The summed E-state index contributed by atoms with van der Waals surface area (Å²) in [5.41, 5.74) is 2.52. The number of aromatic nitrogens is 2. The van der Waals surface area contributed by atoms with E-state index in [1.54, 1.807) is 13.3 Å². The van der Waals surface area contributed by atoms with Gasteiger partial charge in [-0.2, -0.15) is 4.98 Å². The first-order chi connectivity index (χ1) is 16.9. The van der Waals surface area contributed by atoms with E-state index in [0.29, 0.717) is 38.6 Å². The quantitative estimate of drug-likeness (QED) is 0.364. The highest BCUT2D eigenvalue weighted by Gasteiger charge is 2.22.